The van der Waals surface area contributed by atoms with E-state index < -0.39 is 17.7 Å². The molecule has 0 radical (unpaired) electrons. The smallest absolute Gasteiger partial charge is 0.348 e. The van der Waals surface area contributed by atoms with Crippen LogP contribution in [-0.4, -0.2) is 17.7 Å². The third-order valence-corrected chi connectivity index (χ3v) is 4.33. The van der Waals surface area contributed by atoms with Crippen molar-refractivity contribution in [2.75, 3.05) is 0 Å². The molecule has 6 heteroatoms. The molecule has 1 fully saturated rings. The largest absolute Gasteiger partial charge is 0.419 e. The molecule has 0 N–H and O–H groups in total. The standard InChI is InChI=1S/C19H14Cl2O4/c1-19(2)24-17(22)14(18(23)25-19)9-11-3-5-12(6-4-11)13-7-8-15(20)16(21)10-13/h3-10H,1-2H3. The molecule has 0 saturated carbocycles. The first-order valence-corrected chi connectivity index (χ1v) is 8.25. The fourth-order valence-corrected chi connectivity index (χ4v) is 2.69. The van der Waals surface area contributed by atoms with E-state index >= 15 is 0 Å². The van der Waals surface area contributed by atoms with Gasteiger partial charge in [0.25, 0.3) is 5.79 Å². The van der Waals surface area contributed by atoms with Gasteiger partial charge in [0, 0.05) is 13.8 Å². The Balaban J connectivity index is 1.86. The normalized spacial score (nSPS) is 16.2. The molecule has 0 aromatic heterocycles. The molecule has 0 amide bonds. The van der Waals surface area contributed by atoms with Gasteiger partial charge in [-0.15, -0.1) is 0 Å². The van der Waals surface area contributed by atoms with Crippen LogP contribution in [0.3, 0.4) is 0 Å². The van der Waals surface area contributed by atoms with E-state index in [4.69, 9.17) is 32.7 Å². The van der Waals surface area contributed by atoms with Gasteiger partial charge in [-0.25, -0.2) is 9.59 Å². The summed E-state index contributed by atoms with van der Waals surface area (Å²) in [7, 11) is 0. The summed E-state index contributed by atoms with van der Waals surface area (Å²) in [4.78, 5) is 23.9. The lowest BCUT2D eigenvalue weighted by atomic mass is 10.0. The minimum absolute atomic E-state index is 0.137. The summed E-state index contributed by atoms with van der Waals surface area (Å²) in [6.07, 6.45) is 1.44. The van der Waals surface area contributed by atoms with Crippen molar-refractivity contribution >= 4 is 41.2 Å². The minimum atomic E-state index is -1.25. The van der Waals surface area contributed by atoms with E-state index in [0.29, 0.717) is 15.6 Å². The number of carbonyl (C=O) groups is 2. The van der Waals surface area contributed by atoms with E-state index in [-0.39, 0.29) is 5.57 Å². The highest BCUT2D eigenvalue weighted by molar-refractivity contribution is 6.42. The van der Waals surface area contributed by atoms with Crippen LogP contribution in [0.1, 0.15) is 19.4 Å². The molecule has 2 aromatic carbocycles. The van der Waals surface area contributed by atoms with Crippen molar-refractivity contribution in [3.63, 3.8) is 0 Å². The molecular weight excluding hydrogens is 363 g/mol. The predicted molar refractivity (Wildman–Crippen MR) is 96.1 cm³/mol. The molecular formula is C19H14Cl2O4. The Bertz CT molecular complexity index is 861. The van der Waals surface area contributed by atoms with Crippen molar-refractivity contribution in [3.05, 3.63) is 63.6 Å². The molecule has 0 unspecified atom stereocenters. The first-order chi connectivity index (χ1) is 11.7. The molecule has 3 rings (SSSR count). The lowest BCUT2D eigenvalue weighted by Gasteiger charge is -2.29. The lowest BCUT2D eigenvalue weighted by Crippen LogP contribution is -2.41. The second-order valence-corrected chi connectivity index (χ2v) is 6.80. The Morgan fingerprint density at radius 2 is 1.40 bits per heavy atom. The van der Waals surface area contributed by atoms with Gasteiger partial charge in [0.1, 0.15) is 5.57 Å². The van der Waals surface area contributed by atoms with Crippen LogP contribution in [0.15, 0.2) is 48.0 Å². The van der Waals surface area contributed by atoms with Crippen LogP contribution in [0, 0.1) is 0 Å². The highest BCUT2D eigenvalue weighted by Gasteiger charge is 2.38. The molecule has 0 bridgehead atoms. The Labute approximate surface area is 155 Å². The maximum atomic E-state index is 12.0. The summed E-state index contributed by atoms with van der Waals surface area (Å²) in [5.41, 5.74) is 2.37. The van der Waals surface area contributed by atoms with E-state index in [2.05, 4.69) is 0 Å². The summed E-state index contributed by atoms with van der Waals surface area (Å²) < 4.78 is 10.1. The van der Waals surface area contributed by atoms with Gasteiger partial charge in [-0.05, 0) is 34.9 Å². The van der Waals surface area contributed by atoms with Crippen molar-refractivity contribution in [2.24, 2.45) is 0 Å². The quantitative estimate of drug-likeness (QED) is 0.425. The summed E-state index contributed by atoms with van der Waals surface area (Å²) in [6, 6.07) is 12.6. The highest BCUT2D eigenvalue weighted by Crippen LogP contribution is 2.29. The van der Waals surface area contributed by atoms with E-state index in [1.165, 1.54) is 19.9 Å². The maximum absolute atomic E-state index is 12.0. The van der Waals surface area contributed by atoms with E-state index in [1.54, 1.807) is 24.3 Å². The molecule has 25 heavy (non-hydrogen) atoms. The van der Waals surface area contributed by atoms with Crippen molar-refractivity contribution in [2.45, 2.75) is 19.6 Å². The second-order valence-electron chi connectivity index (χ2n) is 5.99. The predicted octanol–water partition coefficient (Wildman–Crippen LogP) is 4.88. The first-order valence-electron chi connectivity index (χ1n) is 7.49. The zero-order chi connectivity index (χ0) is 18.2. The molecule has 1 heterocycles. The molecule has 0 aliphatic carbocycles. The van der Waals surface area contributed by atoms with Gasteiger partial charge in [-0.1, -0.05) is 53.5 Å². The number of benzene rings is 2. The average Bonchev–Trinajstić information content (AvgIpc) is 2.53. The zero-order valence-corrected chi connectivity index (χ0v) is 15.0. The zero-order valence-electron chi connectivity index (χ0n) is 13.5. The Kier molecular flexibility index (Phi) is 4.58. The Morgan fingerprint density at radius 1 is 0.840 bits per heavy atom. The Hall–Kier alpha value is -2.30. The van der Waals surface area contributed by atoms with Gasteiger partial charge < -0.3 is 9.47 Å². The molecule has 0 atom stereocenters. The van der Waals surface area contributed by atoms with Crippen LogP contribution in [0.2, 0.25) is 10.0 Å². The summed E-state index contributed by atoms with van der Waals surface area (Å²) in [5, 5.41) is 0.963. The van der Waals surface area contributed by atoms with Crippen molar-refractivity contribution < 1.29 is 19.1 Å². The van der Waals surface area contributed by atoms with Crippen LogP contribution in [0.5, 0.6) is 0 Å². The van der Waals surface area contributed by atoms with Crippen LogP contribution < -0.4 is 0 Å². The summed E-state index contributed by atoms with van der Waals surface area (Å²) >= 11 is 12.0. The van der Waals surface area contributed by atoms with Crippen LogP contribution in [-0.2, 0) is 19.1 Å². The molecule has 2 aromatic rings. The maximum Gasteiger partial charge on any atom is 0.348 e. The van der Waals surface area contributed by atoms with Crippen molar-refractivity contribution in [3.8, 4) is 11.1 Å². The van der Waals surface area contributed by atoms with Crippen LogP contribution in [0.25, 0.3) is 17.2 Å². The number of ether oxygens (including phenoxy) is 2. The molecule has 4 nitrogen and oxygen atoms in total. The molecule has 0 spiro atoms. The number of hydrogen-bond donors (Lipinski definition) is 0. The third kappa shape index (κ3) is 3.86. The topological polar surface area (TPSA) is 52.6 Å². The fraction of sp³-hybridized carbons (Fsp3) is 0.158. The van der Waals surface area contributed by atoms with Gasteiger partial charge in [0.2, 0.25) is 0 Å². The van der Waals surface area contributed by atoms with Crippen LogP contribution in [0.4, 0.5) is 0 Å². The van der Waals surface area contributed by atoms with E-state index in [0.717, 1.165) is 11.1 Å². The van der Waals surface area contributed by atoms with Crippen LogP contribution >= 0.6 is 23.2 Å². The van der Waals surface area contributed by atoms with Gasteiger partial charge in [0.05, 0.1) is 10.0 Å². The number of esters is 2. The molecule has 128 valence electrons. The van der Waals surface area contributed by atoms with Gasteiger partial charge in [-0.2, -0.15) is 0 Å². The lowest BCUT2D eigenvalue weighted by molar-refractivity contribution is -0.222. The molecule has 1 aliphatic heterocycles. The number of cyclic esters (lactones) is 2. The van der Waals surface area contributed by atoms with Crippen molar-refractivity contribution in [1.29, 1.82) is 0 Å². The number of hydrogen-bond acceptors (Lipinski definition) is 4. The van der Waals surface area contributed by atoms with Gasteiger partial charge in [-0.3, -0.25) is 0 Å². The second kappa shape index (κ2) is 6.54. The number of rotatable bonds is 2. The number of halogens is 2. The average molecular weight is 377 g/mol. The van der Waals surface area contributed by atoms with Gasteiger partial charge in [0.15, 0.2) is 0 Å². The Morgan fingerprint density at radius 3 is 1.96 bits per heavy atom. The monoisotopic (exact) mass is 376 g/mol. The minimum Gasteiger partial charge on any atom is -0.419 e. The molecule has 1 aliphatic rings. The third-order valence-electron chi connectivity index (χ3n) is 3.59. The van der Waals surface area contributed by atoms with E-state index in [9.17, 15) is 9.59 Å². The van der Waals surface area contributed by atoms with Crippen molar-refractivity contribution in [1.82, 2.24) is 0 Å². The number of carbonyl (C=O) groups excluding carboxylic acids is 2. The first kappa shape index (κ1) is 17.5. The fourth-order valence-electron chi connectivity index (χ4n) is 2.39. The van der Waals surface area contributed by atoms with Gasteiger partial charge >= 0.3 is 11.9 Å². The highest BCUT2D eigenvalue weighted by atomic mass is 35.5. The van der Waals surface area contributed by atoms with E-state index in [1.807, 2.05) is 18.2 Å². The molecule has 1 saturated heterocycles. The SMILES string of the molecule is CC1(C)OC(=O)C(=Cc2ccc(-c3ccc(Cl)c(Cl)c3)cc2)C(=O)O1. The summed E-state index contributed by atoms with van der Waals surface area (Å²) in [5.74, 6) is -2.65. The summed E-state index contributed by atoms with van der Waals surface area (Å²) in [6.45, 7) is 3.01.